The van der Waals surface area contributed by atoms with Crippen LogP contribution in [0.5, 0.6) is 0 Å². The lowest BCUT2D eigenvalue weighted by Gasteiger charge is -2.39. The summed E-state index contributed by atoms with van der Waals surface area (Å²) in [6, 6.07) is 44.7. The van der Waals surface area contributed by atoms with Gasteiger partial charge in [-0.2, -0.15) is 0 Å². The van der Waals surface area contributed by atoms with Crippen LogP contribution in [0.4, 0.5) is 17.1 Å². The van der Waals surface area contributed by atoms with E-state index in [9.17, 15) is 0 Å². The van der Waals surface area contributed by atoms with Crippen molar-refractivity contribution in [2.75, 3.05) is 10.2 Å². The summed E-state index contributed by atoms with van der Waals surface area (Å²) in [6.07, 6.45) is 5.92. The van der Waals surface area contributed by atoms with E-state index in [0.29, 0.717) is 6.04 Å². The van der Waals surface area contributed by atoms with E-state index in [1.165, 1.54) is 70.3 Å². The monoisotopic (exact) mass is 536 g/mol. The zero-order valence-electron chi connectivity index (χ0n) is 24.3. The van der Waals surface area contributed by atoms with Gasteiger partial charge in [0.2, 0.25) is 0 Å². The Labute approximate surface area is 245 Å². The Morgan fingerprint density at radius 3 is 2.10 bits per heavy atom. The van der Waals surface area contributed by atoms with E-state index in [0.717, 1.165) is 24.3 Å². The standard InChI is InChI=1S/C39H40N2/c1-3-13-33(41-28-31-16-5-7-19-35(31)37-21-9-11-23-39(37)41)17-12-15-30-24-26-32(27-25-30)40-38-22-10-8-20-36(38)34-18-6-4-14-29(34)2/h4-11,14,16,18-27,33,40H,3,12-13,15,17,28H2,1-2H3. The number of hydrogen-bond acceptors (Lipinski definition) is 2. The smallest absolute Gasteiger partial charge is 0.0464 e. The molecule has 1 aliphatic rings. The average molecular weight is 537 g/mol. The summed E-state index contributed by atoms with van der Waals surface area (Å²) in [5, 5.41) is 3.67. The van der Waals surface area contributed by atoms with E-state index in [-0.39, 0.29) is 0 Å². The Balaban J connectivity index is 1.12. The van der Waals surface area contributed by atoms with Gasteiger partial charge in [0, 0.05) is 40.8 Å². The Morgan fingerprint density at radius 1 is 0.659 bits per heavy atom. The van der Waals surface area contributed by atoms with Crippen LogP contribution in [0, 0.1) is 6.92 Å². The van der Waals surface area contributed by atoms with Gasteiger partial charge >= 0.3 is 0 Å². The third kappa shape index (κ3) is 5.93. The third-order valence-electron chi connectivity index (χ3n) is 8.52. The normalized spacial score (nSPS) is 12.9. The van der Waals surface area contributed by atoms with Gasteiger partial charge in [-0.15, -0.1) is 0 Å². The molecule has 2 heteroatoms. The van der Waals surface area contributed by atoms with Gasteiger partial charge in [0.25, 0.3) is 0 Å². The van der Waals surface area contributed by atoms with Gasteiger partial charge < -0.3 is 10.2 Å². The second-order valence-electron chi connectivity index (χ2n) is 11.3. The predicted octanol–water partition coefficient (Wildman–Crippen LogP) is 10.6. The summed E-state index contributed by atoms with van der Waals surface area (Å²) in [4.78, 5) is 2.68. The molecular formula is C39H40N2. The Bertz CT molecular complexity index is 1600. The van der Waals surface area contributed by atoms with Crippen LogP contribution in [-0.2, 0) is 13.0 Å². The molecule has 1 atom stereocenters. The lowest BCUT2D eigenvalue weighted by Crippen LogP contribution is -2.37. The molecule has 41 heavy (non-hydrogen) atoms. The number of nitrogens with one attached hydrogen (secondary N) is 1. The molecular weight excluding hydrogens is 496 g/mol. The lowest BCUT2D eigenvalue weighted by molar-refractivity contribution is 0.490. The lowest BCUT2D eigenvalue weighted by atomic mass is 9.90. The van der Waals surface area contributed by atoms with Crippen LogP contribution in [0.15, 0.2) is 121 Å². The fraction of sp³-hybridized carbons (Fsp3) is 0.231. The molecule has 1 N–H and O–H groups in total. The largest absolute Gasteiger partial charge is 0.364 e. The van der Waals surface area contributed by atoms with Crippen molar-refractivity contribution in [3.8, 4) is 22.3 Å². The van der Waals surface area contributed by atoms with Crippen molar-refractivity contribution in [2.45, 2.75) is 58.5 Å². The molecule has 5 aromatic carbocycles. The molecule has 1 unspecified atom stereocenters. The number of rotatable bonds is 10. The van der Waals surface area contributed by atoms with Crippen molar-refractivity contribution in [1.82, 2.24) is 0 Å². The van der Waals surface area contributed by atoms with Gasteiger partial charge in [0.1, 0.15) is 0 Å². The molecule has 0 saturated carbocycles. The second-order valence-corrected chi connectivity index (χ2v) is 11.3. The van der Waals surface area contributed by atoms with Crippen LogP contribution < -0.4 is 10.2 Å². The fourth-order valence-electron chi connectivity index (χ4n) is 6.41. The van der Waals surface area contributed by atoms with Crippen LogP contribution in [0.1, 0.15) is 49.3 Å². The first-order chi connectivity index (χ1) is 20.2. The molecule has 0 radical (unpaired) electrons. The molecule has 1 heterocycles. The molecule has 0 bridgehead atoms. The SMILES string of the molecule is CCCC(CCCc1ccc(Nc2ccccc2-c2ccccc2C)cc1)N1Cc2ccccc2-c2ccccc21. The molecule has 0 spiro atoms. The minimum absolute atomic E-state index is 0.549. The second kappa shape index (κ2) is 12.5. The Hall–Kier alpha value is -4.30. The number of fused-ring (bicyclic) bond motifs is 3. The number of hydrogen-bond donors (Lipinski definition) is 1. The highest BCUT2D eigenvalue weighted by molar-refractivity contribution is 5.84. The maximum Gasteiger partial charge on any atom is 0.0464 e. The highest BCUT2D eigenvalue weighted by atomic mass is 15.2. The molecule has 0 aliphatic carbocycles. The summed E-state index contributed by atoms with van der Waals surface area (Å²) in [7, 11) is 0. The van der Waals surface area contributed by atoms with Gasteiger partial charge in [-0.25, -0.2) is 0 Å². The fourth-order valence-corrected chi connectivity index (χ4v) is 6.41. The molecule has 0 amide bonds. The minimum atomic E-state index is 0.549. The number of aryl methyl sites for hydroxylation is 2. The summed E-state index contributed by atoms with van der Waals surface area (Å²) in [5.74, 6) is 0. The summed E-state index contributed by atoms with van der Waals surface area (Å²) in [6.45, 7) is 5.50. The van der Waals surface area contributed by atoms with Crippen molar-refractivity contribution in [2.24, 2.45) is 0 Å². The zero-order chi connectivity index (χ0) is 28.0. The van der Waals surface area contributed by atoms with Crippen molar-refractivity contribution in [1.29, 1.82) is 0 Å². The van der Waals surface area contributed by atoms with Gasteiger partial charge in [-0.1, -0.05) is 110 Å². The highest BCUT2D eigenvalue weighted by Crippen LogP contribution is 2.41. The van der Waals surface area contributed by atoms with Crippen LogP contribution in [-0.4, -0.2) is 6.04 Å². The van der Waals surface area contributed by atoms with E-state index < -0.39 is 0 Å². The van der Waals surface area contributed by atoms with Gasteiger partial charge in [0.05, 0.1) is 0 Å². The van der Waals surface area contributed by atoms with E-state index >= 15 is 0 Å². The summed E-state index contributed by atoms with van der Waals surface area (Å²) in [5.41, 5.74) is 13.1. The first-order valence-electron chi connectivity index (χ1n) is 15.2. The summed E-state index contributed by atoms with van der Waals surface area (Å²) >= 11 is 0. The minimum Gasteiger partial charge on any atom is -0.364 e. The molecule has 0 fully saturated rings. The van der Waals surface area contributed by atoms with Crippen molar-refractivity contribution in [3.05, 3.63) is 138 Å². The van der Waals surface area contributed by atoms with E-state index in [2.05, 4.69) is 145 Å². The predicted molar refractivity (Wildman–Crippen MR) is 176 cm³/mol. The van der Waals surface area contributed by atoms with Crippen LogP contribution in [0.3, 0.4) is 0 Å². The molecule has 5 aromatic rings. The molecule has 1 aliphatic heterocycles. The topological polar surface area (TPSA) is 15.3 Å². The van der Waals surface area contributed by atoms with Crippen molar-refractivity contribution < 1.29 is 0 Å². The molecule has 206 valence electrons. The van der Waals surface area contributed by atoms with Gasteiger partial charge in [-0.3, -0.25) is 0 Å². The third-order valence-corrected chi connectivity index (χ3v) is 8.52. The number of para-hydroxylation sites is 2. The Kier molecular flexibility index (Phi) is 8.18. The molecule has 6 rings (SSSR count). The van der Waals surface area contributed by atoms with Crippen molar-refractivity contribution in [3.63, 3.8) is 0 Å². The number of nitrogens with zero attached hydrogens (tertiary/aromatic N) is 1. The van der Waals surface area contributed by atoms with E-state index in [1.807, 2.05) is 0 Å². The van der Waals surface area contributed by atoms with Crippen LogP contribution in [0.25, 0.3) is 22.3 Å². The highest BCUT2D eigenvalue weighted by Gasteiger charge is 2.26. The molecule has 2 nitrogen and oxygen atoms in total. The molecule has 0 aromatic heterocycles. The van der Waals surface area contributed by atoms with Crippen molar-refractivity contribution >= 4 is 17.1 Å². The average Bonchev–Trinajstić information content (AvgIpc) is 3.02. The maximum atomic E-state index is 3.67. The van der Waals surface area contributed by atoms with Crippen LogP contribution in [0.2, 0.25) is 0 Å². The first kappa shape index (κ1) is 26.9. The summed E-state index contributed by atoms with van der Waals surface area (Å²) < 4.78 is 0. The van der Waals surface area contributed by atoms with Gasteiger partial charge in [0.15, 0.2) is 0 Å². The van der Waals surface area contributed by atoms with Gasteiger partial charge in [-0.05, 0) is 84.7 Å². The number of benzene rings is 5. The molecule has 0 saturated heterocycles. The zero-order valence-corrected chi connectivity index (χ0v) is 24.3. The van der Waals surface area contributed by atoms with E-state index in [4.69, 9.17) is 0 Å². The number of anilines is 3. The Morgan fingerprint density at radius 2 is 1.32 bits per heavy atom. The maximum absolute atomic E-state index is 3.67. The first-order valence-corrected chi connectivity index (χ1v) is 15.2. The van der Waals surface area contributed by atoms with Crippen LogP contribution >= 0.6 is 0 Å². The quantitative estimate of drug-likeness (QED) is 0.191. The van der Waals surface area contributed by atoms with E-state index in [1.54, 1.807) is 0 Å².